The first kappa shape index (κ1) is 14.9. The van der Waals surface area contributed by atoms with Crippen LogP contribution in [0.25, 0.3) is 0 Å². The van der Waals surface area contributed by atoms with E-state index in [0.29, 0.717) is 11.8 Å². The van der Waals surface area contributed by atoms with Crippen LogP contribution in [0.1, 0.15) is 41.5 Å². The number of benzene rings is 2. The van der Waals surface area contributed by atoms with Gasteiger partial charge in [0.05, 0.1) is 0 Å². The molecule has 3 heteroatoms. The normalized spacial score (nSPS) is 13.9. The highest BCUT2D eigenvalue weighted by Gasteiger charge is 2.25. The van der Waals surface area contributed by atoms with E-state index >= 15 is 0 Å². The molecule has 0 unspecified atom stereocenters. The van der Waals surface area contributed by atoms with E-state index in [9.17, 15) is 0 Å². The van der Waals surface area contributed by atoms with Crippen LogP contribution in [-0.2, 0) is 0 Å². The molecule has 0 radical (unpaired) electrons. The first-order chi connectivity index (χ1) is 11.9. The van der Waals surface area contributed by atoms with Crippen LogP contribution in [-0.4, -0.2) is 16.5 Å². The summed E-state index contributed by atoms with van der Waals surface area (Å²) in [5.74, 6) is 1.86. The van der Waals surface area contributed by atoms with Crippen molar-refractivity contribution < 1.29 is 0 Å². The highest BCUT2D eigenvalue weighted by atomic mass is 15.0. The van der Waals surface area contributed by atoms with Crippen LogP contribution in [0.3, 0.4) is 0 Å². The quantitative estimate of drug-likeness (QED) is 0.722. The van der Waals surface area contributed by atoms with Crippen LogP contribution in [0.15, 0.2) is 73.1 Å². The SMILES string of the molecule is c1ccc(C(CNc2cc(C3CC3)ncn2)c2ccccc2)cc1. The molecule has 1 heterocycles. The molecule has 0 bridgehead atoms. The molecule has 120 valence electrons. The fraction of sp³-hybridized carbons (Fsp3) is 0.238. The Morgan fingerprint density at radius 2 is 1.50 bits per heavy atom. The van der Waals surface area contributed by atoms with Crippen molar-refractivity contribution in [2.45, 2.75) is 24.7 Å². The number of hydrogen-bond donors (Lipinski definition) is 1. The first-order valence-electron chi connectivity index (χ1n) is 8.56. The third kappa shape index (κ3) is 3.46. The van der Waals surface area contributed by atoms with Crippen LogP contribution in [0, 0.1) is 0 Å². The summed E-state index contributed by atoms with van der Waals surface area (Å²) in [6.45, 7) is 0.815. The van der Waals surface area contributed by atoms with Gasteiger partial charge in [-0.2, -0.15) is 0 Å². The number of aromatic nitrogens is 2. The van der Waals surface area contributed by atoms with Gasteiger partial charge in [-0.15, -0.1) is 0 Å². The third-order valence-corrected chi connectivity index (χ3v) is 4.58. The van der Waals surface area contributed by atoms with Gasteiger partial charge in [0.15, 0.2) is 0 Å². The van der Waals surface area contributed by atoms with Gasteiger partial charge in [-0.05, 0) is 24.0 Å². The van der Waals surface area contributed by atoms with E-state index in [0.717, 1.165) is 12.4 Å². The minimum atomic E-state index is 0.298. The molecule has 0 saturated heterocycles. The maximum absolute atomic E-state index is 4.39. The van der Waals surface area contributed by atoms with Crippen molar-refractivity contribution in [3.05, 3.63) is 89.9 Å². The van der Waals surface area contributed by atoms with E-state index in [-0.39, 0.29) is 0 Å². The van der Waals surface area contributed by atoms with E-state index in [1.54, 1.807) is 6.33 Å². The summed E-state index contributed by atoms with van der Waals surface area (Å²) in [4.78, 5) is 8.78. The summed E-state index contributed by atoms with van der Waals surface area (Å²) < 4.78 is 0. The molecule has 1 aromatic heterocycles. The fourth-order valence-electron chi connectivity index (χ4n) is 3.08. The van der Waals surface area contributed by atoms with Gasteiger partial charge >= 0.3 is 0 Å². The van der Waals surface area contributed by atoms with Gasteiger partial charge in [-0.25, -0.2) is 9.97 Å². The average molecular weight is 315 g/mol. The van der Waals surface area contributed by atoms with Crippen molar-refractivity contribution in [3.63, 3.8) is 0 Å². The highest BCUT2D eigenvalue weighted by molar-refractivity contribution is 5.40. The standard InChI is InChI=1S/C21H21N3/c1-3-7-16(8-4-1)19(17-9-5-2-6-10-17)14-22-21-13-20(18-11-12-18)23-15-24-21/h1-10,13,15,18-19H,11-12,14H2,(H,22,23,24). The molecular formula is C21H21N3. The Labute approximate surface area is 142 Å². The molecule has 0 atom stereocenters. The molecule has 0 spiro atoms. The van der Waals surface area contributed by atoms with Crippen LogP contribution in [0.4, 0.5) is 5.82 Å². The molecule has 2 aromatic carbocycles. The Hall–Kier alpha value is -2.68. The van der Waals surface area contributed by atoms with E-state index in [4.69, 9.17) is 0 Å². The van der Waals surface area contributed by atoms with Gasteiger partial charge in [-0.3, -0.25) is 0 Å². The maximum Gasteiger partial charge on any atom is 0.129 e. The van der Waals surface area contributed by atoms with Gasteiger partial charge in [0.25, 0.3) is 0 Å². The van der Waals surface area contributed by atoms with Crippen LogP contribution in [0.5, 0.6) is 0 Å². The van der Waals surface area contributed by atoms with Gasteiger partial charge < -0.3 is 5.32 Å². The predicted octanol–water partition coefficient (Wildman–Crippen LogP) is 4.60. The molecule has 0 aliphatic heterocycles. The van der Waals surface area contributed by atoms with E-state index < -0.39 is 0 Å². The zero-order chi connectivity index (χ0) is 16.2. The van der Waals surface area contributed by atoms with E-state index in [2.05, 4.69) is 82.0 Å². The van der Waals surface area contributed by atoms with Crippen molar-refractivity contribution in [3.8, 4) is 0 Å². The minimum Gasteiger partial charge on any atom is -0.369 e. The molecule has 3 nitrogen and oxygen atoms in total. The molecule has 3 aromatic rings. The summed E-state index contributed by atoms with van der Waals surface area (Å²) in [7, 11) is 0. The Morgan fingerprint density at radius 1 is 0.875 bits per heavy atom. The maximum atomic E-state index is 4.39. The summed E-state index contributed by atoms with van der Waals surface area (Å²) in [6.07, 6.45) is 4.19. The minimum absolute atomic E-state index is 0.298. The van der Waals surface area contributed by atoms with E-state index in [1.807, 2.05) is 0 Å². The second-order valence-electron chi connectivity index (χ2n) is 6.36. The topological polar surface area (TPSA) is 37.8 Å². The summed E-state index contributed by atoms with van der Waals surface area (Å²) in [6, 6.07) is 23.4. The van der Waals surface area contributed by atoms with Crippen molar-refractivity contribution in [1.29, 1.82) is 0 Å². The zero-order valence-electron chi connectivity index (χ0n) is 13.6. The lowest BCUT2D eigenvalue weighted by atomic mass is 9.91. The highest BCUT2D eigenvalue weighted by Crippen LogP contribution is 2.39. The molecule has 0 amide bonds. The van der Waals surface area contributed by atoms with Crippen LogP contribution < -0.4 is 5.32 Å². The van der Waals surface area contributed by atoms with Gasteiger partial charge in [0, 0.05) is 30.1 Å². The van der Waals surface area contributed by atoms with Gasteiger partial charge in [-0.1, -0.05) is 60.7 Å². The summed E-state index contributed by atoms with van der Waals surface area (Å²) in [5.41, 5.74) is 3.80. The lowest BCUT2D eigenvalue weighted by molar-refractivity contribution is 0.845. The lowest BCUT2D eigenvalue weighted by Gasteiger charge is -2.19. The van der Waals surface area contributed by atoms with Crippen molar-refractivity contribution in [1.82, 2.24) is 9.97 Å². The Bertz CT molecular complexity index is 743. The average Bonchev–Trinajstić information content (AvgIpc) is 3.49. The number of anilines is 1. The molecule has 4 rings (SSSR count). The van der Waals surface area contributed by atoms with Crippen molar-refractivity contribution >= 4 is 5.82 Å². The largest absolute Gasteiger partial charge is 0.369 e. The molecular weight excluding hydrogens is 294 g/mol. The monoisotopic (exact) mass is 315 g/mol. The second kappa shape index (κ2) is 6.83. The summed E-state index contributed by atoms with van der Waals surface area (Å²) >= 11 is 0. The number of nitrogens with one attached hydrogen (secondary N) is 1. The van der Waals surface area contributed by atoms with Crippen molar-refractivity contribution in [2.75, 3.05) is 11.9 Å². The second-order valence-corrected chi connectivity index (χ2v) is 6.36. The van der Waals surface area contributed by atoms with Gasteiger partial charge in [0.1, 0.15) is 12.1 Å². The van der Waals surface area contributed by atoms with Gasteiger partial charge in [0.2, 0.25) is 0 Å². The Morgan fingerprint density at radius 3 is 2.08 bits per heavy atom. The lowest BCUT2D eigenvalue weighted by Crippen LogP contribution is -2.15. The third-order valence-electron chi connectivity index (χ3n) is 4.58. The Balaban J connectivity index is 1.55. The molecule has 1 aliphatic carbocycles. The number of nitrogens with zero attached hydrogens (tertiary/aromatic N) is 2. The zero-order valence-corrected chi connectivity index (χ0v) is 13.6. The molecule has 1 aliphatic rings. The molecule has 1 N–H and O–H groups in total. The summed E-state index contributed by atoms with van der Waals surface area (Å²) in [5, 5.41) is 3.51. The molecule has 1 fully saturated rings. The number of hydrogen-bond acceptors (Lipinski definition) is 3. The number of rotatable bonds is 6. The Kier molecular flexibility index (Phi) is 4.24. The van der Waals surface area contributed by atoms with E-state index in [1.165, 1.54) is 29.7 Å². The molecule has 24 heavy (non-hydrogen) atoms. The first-order valence-corrected chi connectivity index (χ1v) is 8.56. The molecule has 1 saturated carbocycles. The van der Waals surface area contributed by atoms with Crippen LogP contribution in [0.2, 0.25) is 0 Å². The fourth-order valence-corrected chi connectivity index (χ4v) is 3.08. The van der Waals surface area contributed by atoms with Crippen molar-refractivity contribution in [2.24, 2.45) is 0 Å². The predicted molar refractivity (Wildman–Crippen MR) is 97.2 cm³/mol. The van der Waals surface area contributed by atoms with Crippen LogP contribution >= 0.6 is 0 Å². The smallest absolute Gasteiger partial charge is 0.129 e.